The second-order valence-electron chi connectivity index (χ2n) is 2.96. The fourth-order valence-corrected chi connectivity index (χ4v) is 1.27. The van der Waals surface area contributed by atoms with E-state index in [1.807, 2.05) is 0 Å². The Bertz CT molecular complexity index is 448. The normalized spacial score (nSPS) is 9.87. The van der Waals surface area contributed by atoms with E-state index in [-0.39, 0.29) is 11.7 Å². The van der Waals surface area contributed by atoms with Gasteiger partial charge in [-0.05, 0) is 36.4 Å². The van der Waals surface area contributed by atoms with Crippen LogP contribution >= 0.6 is 12.6 Å². The number of nitrogens with one attached hydrogen (secondary N) is 1. The summed E-state index contributed by atoms with van der Waals surface area (Å²) < 4.78 is 4.96. The van der Waals surface area contributed by atoms with Crippen LogP contribution in [0, 0.1) is 0 Å². The quantitative estimate of drug-likeness (QED) is 0.841. The predicted octanol–water partition coefficient (Wildman–Crippen LogP) is 3.09. The molecule has 3 nitrogen and oxygen atoms in total. The first kappa shape index (κ1) is 9.73. The van der Waals surface area contributed by atoms with Crippen LogP contribution in [0.4, 0.5) is 5.69 Å². The van der Waals surface area contributed by atoms with E-state index >= 15 is 0 Å². The van der Waals surface area contributed by atoms with Crippen LogP contribution in [0.5, 0.6) is 0 Å². The zero-order valence-corrected chi connectivity index (χ0v) is 8.58. The molecule has 0 aliphatic rings. The minimum absolute atomic E-state index is 0.267. The maximum absolute atomic E-state index is 11.5. The van der Waals surface area contributed by atoms with Crippen LogP contribution in [0.25, 0.3) is 0 Å². The Kier molecular flexibility index (Phi) is 2.69. The SMILES string of the molecule is O=C(Nc1ccc([S])cc1)c1ccco1. The second-order valence-corrected chi connectivity index (χ2v) is 3.43. The van der Waals surface area contributed by atoms with E-state index in [0.717, 1.165) is 4.90 Å². The van der Waals surface area contributed by atoms with Crippen LogP contribution in [-0.4, -0.2) is 5.91 Å². The average Bonchev–Trinajstić information content (AvgIpc) is 2.74. The number of furan rings is 1. The van der Waals surface area contributed by atoms with Gasteiger partial charge in [0.1, 0.15) is 0 Å². The zero-order valence-electron chi connectivity index (χ0n) is 7.77. The Morgan fingerprint density at radius 2 is 1.93 bits per heavy atom. The van der Waals surface area contributed by atoms with Crippen molar-refractivity contribution in [2.75, 3.05) is 5.32 Å². The summed E-state index contributed by atoms with van der Waals surface area (Å²) >= 11 is 4.93. The summed E-state index contributed by atoms with van der Waals surface area (Å²) in [5.74, 6) is 0.0227. The third-order valence-electron chi connectivity index (χ3n) is 1.86. The molecular weight excluding hydrogens is 210 g/mol. The van der Waals surface area contributed by atoms with Gasteiger partial charge >= 0.3 is 0 Å². The van der Waals surface area contributed by atoms with Gasteiger partial charge in [0.05, 0.1) is 6.26 Å². The Labute approximate surface area is 92.5 Å². The maximum Gasteiger partial charge on any atom is 0.291 e. The summed E-state index contributed by atoms with van der Waals surface area (Å²) in [6, 6.07) is 10.3. The van der Waals surface area contributed by atoms with E-state index in [9.17, 15) is 4.79 Å². The maximum atomic E-state index is 11.5. The summed E-state index contributed by atoms with van der Waals surface area (Å²) in [4.78, 5) is 12.3. The van der Waals surface area contributed by atoms with E-state index < -0.39 is 0 Å². The minimum atomic E-state index is -0.267. The van der Waals surface area contributed by atoms with E-state index in [1.165, 1.54) is 6.26 Å². The highest BCUT2D eigenvalue weighted by atomic mass is 32.1. The van der Waals surface area contributed by atoms with Gasteiger partial charge in [-0.25, -0.2) is 0 Å². The average molecular weight is 218 g/mol. The molecule has 1 radical (unpaired) electrons. The number of hydrogen-bond acceptors (Lipinski definition) is 2. The fraction of sp³-hybridized carbons (Fsp3) is 0. The lowest BCUT2D eigenvalue weighted by Gasteiger charge is -2.02. The molecule has 75 valence electrons. The summed E-state index contributed by atoms with van der Waals surface area (Å²) in [5, 5.41) is 2.69. The first-order chi connectivity index (χ1) is 7.25. The van der Waals surface area contributed by atoms with Gasteiger partial charge < -0.3 is 9.73 Å². The predicted molar refractivity (Wildman–Crippen MR) is 59.0 cm³/mol. The zero-order chi connectivity index (χ0) is 10.7. The lowest BCUT2D eigenvalue weighted by atomic mass is 10.3. The molecule has 0 spiro atoms. The molecule has 0 aliphatic carbocycles. The molecule has 0 fully saturated rings. The van der Waals surface area contributed by atoms with Crippen LogP contribution < -0.4 is 5.32 Å². The number of carbonyl (C=O) groups is 1. The molecular formula is C11H8NO2S. The number of carbonyl (C=O) groups excluding carboxylic acids is 1. The third kappa shape index (κ3) is 2.35. The van der Waals surface area contributed by atoms with E-state index in [2.05, 4.69) is 5.32 Å². The van der Waals surface area contributed by atoms with Gasteiger partial charge in [0.25, 0.3) is 5.91 Å². The Morgan fingerprint density at radius 3 is 2.53 bits per heavy atom. The van der Waals surface area contributed by atoms with Crippen molar-refractivity contribution in [3.8, 4) is 0 Å². The van der Waals surface area contributed by atoms with Crippen molar-refractivity contribution < 1.29 is 9.21 Å². The smallest absolute Gasteiger partial charge is 0.291 e. The number of benzene rings is 1. The molecule has 4 heteroatoms. The number of rotatable bonds is 2. The molecule has 1 heterocycles. The van der Waals surface area contributed by atoms with Gasteiger partial charge in [-0.1, -0.05) is 12.6 Å². The molecule has 1 amide bonds. The molecule has 0 atom stereocenters. The van der Waals surface area contributed by atoms with Gasteiger partial charge in [0.15, 0.2) is 5.76 Å². The van der Waals surface area contributed by atoms with Gasteiger partial charge in [0, 0.05) is 10.6 Å². The van der Waals surface area contributed by atoms with Crippen LogP contribution in [0.15, 0.2) is 52.0 Å². The molecule has 1 aromatic heterocycles. The van der Waals surface area contributed by atoms with Crippen molar-refractivity contribution in [1.82, 2.24) is 0 Å². The molecule has 2 aromatic rings. The second kappa shape index (κ2) is 4.14. The van der Waals surface area contributed by atoms with Gasteiger partial charge in [-0.2, -0.15) is 0 Å². The first-order valence-corrected chi connectivity index (χ1v) is 4.78. The molecule has 0 saturated heterocycles. The Hall–Kier alpha value is -1.81. The van der Waals surface area contributed by atoms with Crippen LogP contribution in [0.2, 0.25) is 0 Å². The van der Waals surface area contributed by atoms with E-state index in [1.54, 1.807) is 36.4 Å². The van der Waals surface area contributed by atoms with E-state index in [4.69, 9.17) is 17.0 Å². The molecule has 0 bridgehead atoms. The third-order valence-corrected chi connectivity index (χ3v) is 2.13. The highest BCUT2D eigenvalue weighted by Gasteiger charge is 2.07. The lowest BCUT2D eigenvalue weighted by molar-refractivity contribution is 0.0996. The molecule has 0 saturated carbocycles. The van der Waals surface area contributed by atoms with Crippen molar-refractivity contribution in [2.45, 2.75) is 4.90 Å². The minimum Gasteiger partial charge on any atom is -0.459 e. The monoisotopic (exact) mass is 218 g/mol. The molecule has 0 unspecified atom stereocenters. The highest BCUT2D eigenvalue weighted by molar-refractivity contribution is 7.80. The highest BCUT2D eigenvalue weighted by Crippen LogP contribution is 2.13. The fourth-order valence-electron chi connectivity index (χ4n) is 1.14. The summed E-state index contributed by atoms with van der Waals surface area (Å²) in [6.07, 6.45) is 1.46. The lowest BCUT2D eigenvalue weighted by Crippen LogP contribution is -2.10. The molecule has 0 aliphatic heterocycles. The van der Waals surface area contributed by atoms with Gasteiger partial charge in [0.2, 0.25) is 0 Å². The van der Waals surface area contributed by atoms with Crippen molar-refractivity contribution in [3.63, 3.8) is 0 Å². The van der Waals surface area contributed by atoms with Crippen LogP contribution in [0.3, 0.4) is 0 Å². The summed E-state index contributed by atoms with van der Waals surface area (Å²) in [6.45, 7) is 0. The standard InChI is InChI=1S/C11H8NO2S/c13-11(10-2-1-7-14-10)12-8-3-5-9(15)6-4-8/h1-7H,(H,12,13). The summed E-state index contributed by atoms with van der Waals surface area (Å²) in [7, 11) is 0. The van der Waals surface area contributed by atoms with Crippen molar-refractivity contribution >= 4 is 24.2 Å². The largest absolute Gasteiger partial charge is 0.459 e. The van der Waals surface area contributed by atoms with E-state index in [0.29, 0.717) is 5.69 Å². The number of amides is 1. The number of hydrogen-bond donors (Lipinski definition) is 1. The molecule has 1 N–H and O–H groups in total. The van der Waals surface area contributed by atoms with Crippen LogP contribution in [0.1, 0.15) is 10.6 Å². The molecule has 15 heavy (non-hydrogen) atoms. The van der Waals surface area contributed by atoms with Gasteiger partial charge in [-0.3, -0.25) is 4.79 Å². The Balaban J connectivity index is 2.09. The van der Waals surface area contributed by atoms with Crippen molar-refractivity contribution in [2.24, 2.45) is 0 Å². The van der Waals surface area contributed by atoms with Gasteiger partial charge in [-0.15, -0.1) is 0 Å². The van der Waals surface area contributed by atoms with Crippen molar-refractivity contribution in [1.29, 1.82) is 0 Å². The molecule has 1 aromatic carbocycles. The first-order valence-electron chi connectivity index (χ1n) is 4.37. The van der Waals surface area contributed by atoms with Crippen molar-refractivity contribution in [3.05, 3.63) is 48.4 Å². The number of anilines is 1. The van der Waals surface area contributed by atoms with Crippen LogP contribution in [-0.2, 0) is 0 Å². The topological polar surface area (TPSA) is 42.2 Å². The molecule has 2 rings (SSSR count). The Morgan fingerprint density at radius 1 is 1.20 bits per heavy atom. The summed E-state index contributed by atoms with van der Waals surface area (Å²) in [5.41, 5.74) is 0.699.